The summed E-state index contributed by atoms with van der Waals surface area (Å²) in [5.41, 5.74) is 6.60. The Morgan fingerprint density at radius 1 is 1.38 bits per heavy atom. The van der Waals surface area contributed by atoms with Gasteiger partial charge in [0.25, 0.3) is 0 Å². The smallest absolute Gasteiger partial charge is 0.184 e. The summed E-state index contributed by atoms with van der Waals surface area (Å²) in [6.45, 7) is 5.12. The predicted octanol–water partition coefficient (Wildman–Crippen LogP) is 1.19. The number of aldehydes is 1. The van der Waals surface area contributed by atoms with Crippen LogP contribution in [0.1, 0.15) is 16.8 Å². The lowest BCUT2D eigenvalue weighted by Crippen LogP contribution is -2.37. The van der Waals surface area contributed by atoms with Gasteiger partial charge in [0.15, 0.2) is 17.8 Å². The summed E-state index contributed by atoms with van der Waals surface area (Å²) in [6.07, 6.45) is 1.62. The Hall–Kier alpha value is -1.79. The molecule has 0 radical (unpaired) electrons. The van der Waals surface area contributed by atoms with E-state index >= 15 is 0 Å². The lowest BCUT2D eigenvalue weighted by molar-refractivity contribution is 0.0357. The van der Waals surface area contributed by atoms with Crippen LogP contribution in [0.5, 0.6) is 11.5 Å². The molecule has 21 heavy (non-hydrogen) atoms. The molecule has 0 unspecified atom stereocenters. The number of hydrogen-bond donors (Lipinski definition) is 1. The van der Waals surface area contributed by atoms with E-state index in [1.54, 1.807) is 12.1 Å². The molecular formula is C15H22N2O4. The molecule has 6 nitrogen and oxygen atoms in total. The highest BCUT2D eigenvalue weighted by molar-refractivity contribution is 5.87. The quantitative estimate of drug-likeness (QED) is 0.462. The zero-order valence-corrected chi connectivity index (χ0v) is 12.3. The number of nitrogens with two attached hydrogens (primary N) is 1. The molecule has 1 aromatic carbocycles. The predicted molar refractivity (Wildman–Crippen MR) is 80.2 cm³/mol. The normalized spacial score (nSPS) is 15.7. The summed E-state index contributed by atoms with van der Waals surface area (Å²) in [4.78, 5) is 13.2. The lowest BCUT2D eigenvalue weighted by atomic mass is 10.1. The molecule has 1 fully saturated rings. The number of nitrogens with zero attached hydrogens (tertiary/aromatic N) is 1. The van der Waals surface area contributed by atoms with Gasteiger partial charge in [-0.3, -0.25) is 9.69 Å². The Balaban J connectivity index is 1.85. The maximum atomic E-state index is 10.9. The Labute approximate surface area is 124 Å². The molecule has 2 rings (SSSR count). The van der Waals surface area contributed by atoms with Crippen molar-refractivity contribution in [3.8, 4) is 11.5 Å². The van der Waals surface area contributed by atoms with Crippen LogP contribution in [-0.4, -0.2) is 57.8 Å². The van der Waals surface area contributed by atoms with E-state index < -0.39 is 0 Å². The number of anilines is 1. The topological polar surface area (TPSA) is 74.0 Å². The molecular weight excluding hydrogens is 272 g/mol. The van der Waals surface area contributed by atoms with Gasteiger partial charge in [-0.15, -0.1) is 0 Å². The summed E-state index contributed by atoms with van der Waals surface area (Å²) in [5.74, 6) is 0.994. The number of morpholine rings is 1. The monoisotopic (exact) mass is 294 g/mol. The standard InChI is InChI=1S/C15H22N2O4/c1-19-15-13(4-3-12(11-18)14(15)16)21-8-2-5-17-6-9-20-10-7-17/h3-4,11H,2,5-10,16H2,1H3. The van der Waals surface area contributed by atoms with Crippen LogP contribution >= 0.6 is 0 Å². The Morgan fingerprint density at radius 2 is 2.14 bits per heavy atom. The number of rotatable bonds is 7. The van der Waals surface area contributed by atoms with Gasteiger partial charge in [0.05, 0.1) is 32.6 Å². The SMILES string of the molecule is COc1c(OCCCN2CCOCC2)ccc(C=O)c1N. The van der Waals surface area contributed by atoms with Crippen molar-refractivity contribution in [3.63, 3.8) is 0 Å². The van der Waals surface area contributed by atoms with Crippen LogP contribution in [-0.2, 0) is 4.74 Å². The molecule has 1 aliphatic heterocycles. The molecule has 0 amide bonds. The Morgan fingerprint density at radius 3 is 2.81 bits per heavy atom. The molecule has 116 valence electrons. The molecule has 0 bridgehead atoms. The minimum atomic E-state index is 0.318. The van der Waals surface area contributed by atoms with Crippen molar-refractivity contribution in [2.45, 2.75) is 6.42 Å². The number of ether oxygens (including phenoxy) is 3. The summed E-state index contributed by atoms with van der Waals surface area (Å²) < 4.78 is 16.3. The maximum Gasteiger partial charge on any atom is 0.184 e. The van der Waals surface area contributed by atoms with Crippen LogP contribution < -0.4 is 15.2 Å². The van der Waals surface area contributed by atoms with Gasteiger partial charge < -0.3 is 19.9 Å². The first-order valence-electron chi connectivity index (χ1n) is 7.10. The van der Waals surface area contributed by atoms with Gasteiger partial charge in [0, 0.05) is 25.2 Å². The minimum Gasteiger partial charge on any atom is -0.491 e. The number of hydrogen-bond acceptors (Lipinski definition) is 6. The Bertz CT molecular complexity index is 473. The highest BCUT2D eigenvalue weighted by Gasteiger charge is 2.13. The molecule has 1 aliphatic rings. The second-order valence-corrected chi connectivity index (χ2v) is 4.87. The second kappa shape index (κ2) is 7.85. The molecule has 0 saturated carbocycles. The molecule has 1 saturated heterocycles. The van der Waals surface area contributed by atoms with E-state index in [0.29, 0.717) is 35.6 Å². The highest BCUT2D eigenvalue weighted by atomic mass is 16.5. The Kier molecular flexibility index (Phi) is 5.83. The molecule has 0 atom stereocenters. The van der Waals surface area contributed by atoms with Crippen molar-refractivity contribution in [2.75, 3.05) is 52.3 Å². The molecule has 0 spiro atoms. The van der Waals surface area contributed by atoms with Gasteiger partial charge in [0.2, 0.25) is 0 Å². The van der Waals surface area contributed by atoms with Gasteiger partial charge in [-0.1, -0.05) is 0 Å². The van der Waals surface area contributed by atoms with Crippen LogP contribution in [0.3, 0.4) is 0 Å². The third-order valence-electron chi connectivity index (χ3n) is 3.50. The summed E-state index contributed by atoms with van der Waals surface area (Å²) in [7, 11) is 1.51. The molecule has 1 heterocycles. The van der Waals surface area contributed by atoms with E-state index in [2.05, 4.69) is 4.90 Å². The number of carbonyl (C=O) groups excluding carboxylic acids is 1. The van der Waals surface area contributed by atoms with Gasteiger partial charge in [-0.05, 0) is 18.6 Å². The van der Waals surface area contributed by atoms with E-state index in [4.69, 9.17) is 19.9 Å². The van der Waals surface area contributed by atoms with Crippen molar-refractivity contribution in [1.82, 2.24) is 4.90 Å². The molecule has 2 N–H and O–H groups in total. The summed E-state index contributed by atoms with van der Waals surface area (Å²) in [5, 5.41) is 0. The van der Waals surface area contributed by atoms with Crippen molar-refractivity contribution < 1.29 is 19.0 Å². The fraction of sp³-hybridized carbons (Fsp3) is 0.533. The van der Waals surface area contributed by atoms with Crippen LogP contribution in [0.2, 0.25) is 0 Å². The number of methoxy groups -OCH3 is 1. The van der Waals surface area contributed by atoms with Crippen molar-refractivity contribution in [2.24, 2.45) is 0 Å². The average Bonchev–Trinajstić information content (AvgIpc) is 2.53. The number of nitrogen functional groups attached to an aromatic ring is 1. The van der Waals surface area contributed by atoms with Crippen LogP contribution in [0.4, 0.5) is 5.69 Å². The van der Waals surface area contributed by atoms with E-state index in [1.807, 2.05) is 0 Å². The zero-order valence-electron chi connectivity index (χ0n) is 12.3. The first kappa shape index (κ1) is 15.6. The number of carbonyl (C=O) groups is 1. The van der Waals surface area contributed by atoms with E-state index in [9.17, 15) is 4.79 Å². The maximum absolute atomic E-state index is 10.9. The second-order valence-electron chi connectivity index (χ2n) is 4.87. The van der Waals surface area contributed by atoms with E-state index in [0.717, 1.165) is 39.3 Å². The fourth-order valence-electron chi connectivity index (χ4n) is 2.32. The lowest BCUT2D eigenvalue weighted by Gasteiger charge is -2.26. The van der Waals surface area contributed by atoms with E-state index in [-0.39, 0.29) is 0 Å². The van der Waals surface area contributed by atoms with Crippen LogP contribution in [0, 0.1) is 0 Å². The molecule has 0 aliphatic carbocycles. The van der Waals surface area contributed by atoms with Crippen LogP contribution in [0.15, 0.2) is 12.1 Å². The largest absolute Gasteiger partial charge is 0.491 e. The van der Waals surface area contributed by atoms with Crippen molar-refractivity contribution in [1.29, 1.82) is 0 Å². The first-order valence-corrected chi connectivity index (χ1v) is 7.10. The first-order chi connectivity index (χ1) is 10.3. The van der Waals surface area contributed by atoms with Gasteiger partial charge in [-0.25, -0.2) is 0 Å². The van der Waals surface area contributed by atoms with Gasteiger partial charge in [0.1, 0.15) is 0 Å². The van der Waals surface area contributed by atoms with Gasteiger partial charge in [-0.2, -0.15) is 0 Å². The number of benzene rings is 1. The third kappa shape index (κ3) is 4.09. The summed E-state index contributed by atoms with van der Waals surface area (Å²) >= 11 is 0. The van der Waals surface area contributed by atoms with Crippen molar-refractivity contribution in [3.05, 3.63) is 17.7 Å². The molecule has 1 aromatic rings. The fourth-order valence-corrected chi connectivity index (χ4v) is 2.32. The summed E-state index contributed by atoms with van der Waals surface area (Å²) in [6, 6.07) is 3.36. The molecule has 6 heteroatoms. The van der Waals surface area contributed by atoms with Crippen LogP contribution in [0.25, 0.3) is 0 Å². The zero-order chi connectivity index (χ0) is 15.1. The minimum absolute atomic E-state index is 0.318. The van der Waals surface area contributed by atoms with E-state index in [1.165, 1.54) is 7.11 Å². The van der Waals surface area contributed by atoms with Crippen molar-refractivity contribution >= 4 is 12.0 Å². The van der Waals surface area contributed by atoms with Gasteiger partial charge >= 0.3 is 0 Å². The third-order valence-corrected chi connectivity index (χ3v) is 3.50. The highest BCUT2D eigenvalue weighted by Crippen LogP contribution is 2.35. The molecule has 0 aromatic heterocycles. The average molecular weight is 294 g/mol.